The van der Waals surface area contributed by atoms with Crippen LogP contribution in [0.4, 0.5) is 5.95 Å². The van der Waals surface area contributed by atoms with Gasteiger partial charge in [-0.3, -0.25) is 4.57 Å². The number of fused-ring (bicyclic) bond motifs is 1. The molecule has 0 amide bonds. The van der Waals surface area contributed by atoms with E-state index in [1.54, 1.807) is 23.6 Å². The van der Waals surface area contributed by atoms with Gasteiger partial charge >= 0.3 is 0 Å². The van der Waals surface area contributed by atoms with Crippen LogP contribution in [0, 0.1) is 0 Å². The number of anilines is 1. The lowest BCUT2D eigenvalue weighted by Gasteiger charge is -2.03. The predicted octanol–water partition coefficient (Wildman–Crippen LogP) is 2.37. The molecular weight excluding hydrogens is 270 g/mol. The Hall–Kier alpha value is -1.66. The Morgan fingerprint density at radius 1 is 1.39 bits per heavy atom. The van der Waals surface area contributed by atoms with Gasteiger partial charge in [0, 0.05) is 24.5 Å². The lowest BCUT2D eigenvalue weighted by Crippen LogP contribution is -2.06. The highest BCUT2D eigenvalue weighted by Gasteiger charge is 2.10. The van der Waals surface area contributed by atoms with E-state index in [1.807, 2.05) is 15.5 Å². The molecule has 3 heterocycles. The lowest BCUT2D eigenvalue weighted by molar-refractivity contribution is 0.710. The molecule has 92 valence electrons. The molecule has 18 heavy (non-hydrogen) atoms. The van der Waals surface area contributed by atoms with Crippen LogP contribution < -0.4 is 5.73 Å². The monoisotopic (exact) mass is 279 g/mol. The van der Waals surface area contributed by atoms with Gasteiger partial charge in [0.2, 0.25) is 5.95 Å². The number of halogens is 1. The van der Waals surface area contributed by atoms with Crippen LogP contribution in [0.25, 0.3) is 11.2 Å². The summed E-state index contributed by atoms with van der Waals surface area (Å²) in [6.07, 6.45) is 2.41. The molecule has 0 aliphatic carbocycles. The maximum atomic E-state index is 5.89. The lowest BCUT2D eigenvalue weighted by atomic mass is 10.3. The Morgan fingerprint density at radius 3 is 3.06 bits per heavy atom. The second-order valence-corrected chi connectivity index (χ2v) is 5.00. The number of pyridine rings is 1. The van der Waals surface area contributed by atoms with Crippen LogP contribution in [-0.2, 0) is 13.0 Å². The molecule has 0 bridgehead atoms. The van der Waals surface area contributed by atoms with E-state index in [0.29, 0.717) is 17.5 Å². The molecule has 0 saturated carbocycles. The Kier molecular flexibility index (Phi) is 2.89. The largest absolute Gasteiger partial charge is 0.369 e. The first kappa shape index (κ1) is 11.4. The third-order valence-corrected chi connectivity index (χ3v) is 3.50. The number of aryl methyl sites for hydroxylation is 2. The summed E-state index contributed by atoms with van der Waals surface area (Å²) in [4.78, 5) is 12.8. The van der Waals surface area contributed by atoms with Gasteiger partial charge in [-0.2, -0.15) is 0 Å². The SMILES string of the molecule is Nc1nc2cc(Cl)cnc2n1CCc1cscn1. The van der Waals surface area contributed by atoms with Gasteiger partial charge < -0.3 is 5.73 Å². The maximum absolute atomic E-state index is 5.89. The average Bonchev–Trinajstić information content (AvgIpc) is 2.93. The zero-order valence-corrected chi connectivity index (χ0v) is 10.9. The van der Waals surface area contributed by atoms with Crippen molar-refractivity contribution in [3.63, 3.8) is 0 Å². The minimum absolute atomic E-state index is 0.454. The smallest absolute Gasteiger partial charge is 0.202 e. The topological polar surface area (TPSA) is 69.6 Å². The maximum Gasteiger partial charge on any atom is 0.202 e. The Bertz CT molecular complexity index is 676. The second-order valence-electron chi connectivity index (χ2n) is 3.85. The molecule has 0 atom stereocenters. The van der Waals surface area contributed by atoms with Crippen LogP contribution in [0.1, 0.15) is 5.69 Å². The normalized spacial score (nSPS) is 11.2. The van der Waals surface area contributed by atoms with Crippen LogP contribution in [0.3, 0.4) is 0 Å². The highest BCUT2D eigenvalue weighted by Crippen LogP contribution is 2.19. The molecule has 3 rings (SSSR count). The van der Waals surface area contributed by atoms with Crippen LogP contribution >= 0.6 is 22.9 Å². The summed E-state index contributed by atoms with van der Waals surface area (Å²) in [5.74, 6) is 0.454. The van der Waals surface area contributed by atoms with Gasteiger partial charge in [0.25, 0.3) is 0 Å². The van der Waals surface area contributed by atoms with Crippen molar-refractivity contribution < 1.29 is 0 Å². The minimum atomic E-state index is 0.454. The van der Waals surface area contributed by atoms with Crippen LogP contribution in [0.5, 0.6) is 0 Å². The zero-order valence-electron chi connectivity index (χ0n) is 9.38. The van der Waals surface area contributed by atoms with Gasteiger partial charge in [-0.25, -0.2) is 15.0 Å². The molecule has 0 aliphatic rings. The molecule has 0 unspecified atom stereocenters. The van der Waals surface area contributed by atoms with Crippen LogP contribution in [0.2, 0.25) is 5.02 Å². The van der Waals surface area contributed by atoms with Crippen molar-refractivity contribution in [1.29, 1.82) is 0 Å². The third-order valence-electron chi connectivity index (χ3n) is 2.66. The van der Waals surface area contributed by atoms with E-state index < -0.39 is 0 Å². The van der Waals surface area contributed by atoms with Gasteiger partial charge in [0.1, 0.15) is 5.52 Å². The van der Waals surface area contributed by atoms with Gasteiger partial charge in [-0.15, -0.1) is 11.3 Å². The zero-order chi connectivity index (χ0) is 12.5. The second kappa shape index (κ2) is 4.55. The van der Waals surface area contributed by atoms with Crippen molar-refractivity contribution in [3.05, 3.63) is 33.9 Å². The Balaban J connectivity index is 1.93. The summed E-state index contributed by atoms with van der Waals surface area (Å²) in [6, 6.07) is 1.76. The predicted molar refractivity (Wildman–Crippen MR) is 72.8 cm³/mol. The quantitative estimate of drug-likeness (QED) is 0.799. The molecular formula is C11H10ClN5S. The van der Waals surface area contributed by atoms with Gasteiger partial charge in [0.15, 0.2) is 5.65 Å². The fourth-order valence-corrected chi connectivity index (χ4v) is 2.56. The number of imidazole rings is 1. The number of nitrogens with zero attached hydrogens (tertiary/aromatic N) is 4. The van der Waals surface area contributed by atoms with E-state index in [0.717, 1.165) is 23.3 Å². The van der Waals surface area contributed by atoms with Crippen molar-refractivity contribution in [2.75, 3.05) is 5.73 Å². The number of nitrogen functional groups attached to an aromatic ring is 1. The number of thiazole rings is 1. The summed E-state index contributed by atoms with van der Waals surface area (Å²) in [5.41, 5.74) is 10.2. The number of rotatable bonds is 3. The van der Waals surface area contributed by atoms with E-state index in [4.69, 9.17) is 17.3 Å². The van der Waals surface area contributed by atoms with E-state index in [9.17, 15) is 0 Å². The molecule has 0 radical (unpaired) electrons. The fraction of sp³-hybridized carbons (Fsp3) is 0.182. The molecule has 0 fully saturated rings. The molecule has 0 aliphatic heterocycles. The summed E-state index contributed by atoms with van der Waals surface area (Å²) in [6.45, 7) is 0.709. The molecule has 0 saturated heterocycles. The van der Waals surface area contributed by atoms with Crippen molar-refractivity contribution in [3.8, 4) is 0 Å². The summed E-state index contributed by atoms with van der Waals surface area (Å²) < 4.78 is 1.88. The number of nitrogens with two attached hydrogens (primary N) is 1. The van der Waals surface area contributed by atoms with Crippen LogP contribution in [-0.4, -0.2) is 19.5 Å². The van der Waals surface area contributed by atoms with Crippen molar-refractivity contribution >= 4 is 40.0 Å². The number of hydrogen-bond acceptors (Lipinski definition) is 5. The summed E-state index contributed by atoms with van der Waals surface area (Å²) >= 11 is 7.46. The fourth-order valence-electron chi connectivity index (χ4n) is 1.81. The standard InChI is InChI=1S/C11H10ClN5S/c12-7-3-9-10(14-4-7)17(11(13)16-9)2-1-8-5-18-6-15-8/h3-6H,1-2H2,(H2,13,16). The van der Waals surface area contributed by atoms with E-state index in [2.05, 4.69) is 15.0 Å². The first-order chi connectivity index (χ1) is 8.74. The molecule has 0 spiro atoms. The number of hydrogen-bond donors (Lipinski definition) is 1. The molecule has 3 aromatic rings. The van der Waals surface area contributed by atoms with Gasteiger partial charge in [-0.05, 0) is 6.07 Å². The highest BCUT2D eigenvalue weighted by molar-refractivity contribution is 7.07. The van der Waals surface area contributed by atoms with Crippen molar-refractivity contribution in [1.82, 2.24) is 19.5 Å². The minimum Gasteiger partial charge on any atom is -0.369 e. The van der Waals surface area contributed by atoms with E-state index >= 15 is 0 Å². The number of aromatic nitrogens is 4. The van der Waals surface area contributed by atoms with E-state index in [-0.39, 0.29) is 0 Å². The third kappa shape index (κ3) is 2.04. The highest BCUT2D eigenvalue weighted by atomic mass is 35.5. The Morgan fingerprint density at radius 2 is 2.28 bits per heavy atom. The summed E-state index contributed by atoms with van der Waals surface area (Å²) in [5, 5.41) is 2.59. The molecule has 5 nitrogen and oxygen atoms in total. The first-order valence-corrected chi connectivity index (χ1v) is 6.70. The Labute approximate surface area is 112 Å². The summed E-state index contributed by atoms with van der Waals surface area (Å²) in [7, 11) is 0. The van der Waals surface area contributed by atoms with Crippen molar-refractivity contribution in [2.45, 2.75) is 13.0 Å². The molecule has 2 N–H and O–H groups in total. The first-order valence-electron chi connectivity index (χ1n) is 5.38. The van der Waals surface area contributed by atoms with E-state index in [1.165, 1.54) is 0 Å². The van der Waals surface area contributed by atoms with Crippen molar-refractivity contribution in [2.24, 2.45) is 0 Å². The average molecular weight is 280 g/mol. The van der Waals surface area contributed by atoms with Crippen LogP contribution in [0.15, 0.2) is 23.2 Å². The molecule has 3 aromatic heterocycles. The van der Waals surface area contributed by atoms with Gasteiger partial charge in [-0.1, -0.05) is 11.6 Å². The van der Waals surface area contributed by atoms with Gasteiger partial charge in [0.05, 0.1) is 16.2 Å². The molecule has 7 heteroatoms. The molecule has 0 aromatic carbocycles.